The van der Waals surface area contributed by atoms with Crippen LogP contribution in [0.15, 0.2) is 30.0 Å². The molecule has 1 rings (SSSR count). The van der Waals surface area contributed by atoms with Crippen LogP contribution in [0.1, 0.15) is 30.9 Å². The van der Waals surface area contributed by atoms with Gasteiger partial charge in [0.05, 0.1) is 0 Å². The Labute approximate surface area is 95.0 Å². The SMILES string of the molecule is CC(C)c1ccc(C=C(C#N)OC=O)cc1. The van der Waals surface area contributed by atoms with Crippen molar-refractivity contribution in [2.24, 2.45) is 0 Å². The van der Waals surface area contributed by atoms with Crippen molar-refractivity contribution in [2.75, 3.05) is 0 Å². The second-order valence-electron chi connectivity index (χ2n) is 3.66. The summed E-state index contributed by atoms with van der Waals surface area (Å²) >= 11 is 0. The van der Waals surface area contributed by atoms with Gasteiger partial charge >= 0.3 is 0 Å². The Hall–Kier alpha value is -2.08. The average Bonchev–Trinajstić information content (AvgIpc) is 2.29. The minimum absolute atomic E-state index is 0.00713. The molecule has 1 aromatic rings. The van der Waals surface area contributed by atoms with Crippen LogP contribution in [0.3, 0.4) is 0 Å². The van der Waals surface area contributed by atoms with E-state index in [0.717, 1.165) is 5.56 Å². The van der Waals surface area contributed by atoms with Gasteiger partial charge < -0.3 is 4.74 Å². The molecule has 0 aliphatic carbocycles. The molecule has 0 unspecified atom stereocenters. The summed E-state index contributed by atoms with van der Waals surface area (Å²) in [7, 11) is 0. The van der Waals surface area contributed by atoms with Gasteiger partial charge in [-0.05, 0) is 23.1 Å². The Bertz CT molecular complexity index is 424. The lowest BCUT2D eigenvalue weighted by Crippen LogP contribution is -1.88. The molecular formula is C13H13NO2. The molecule has 0 N–H and O–H groups in total. The number of rotatable bonds is 4. The van der Waals surface area contributed by atoms with Crippen LogP contribution in [0, 0.1) is 11.3 Å². The van der Waals surface area contributed by atoms with Crippen LogP contribution in [0.5, 0.6) is 0 Å². The number of benzene rings is 1. The van der Waals surface area contributed by atoms with Crippen molar-refractivity contribution in [3.8, 4) is 6.07 Å². The van der Waals surface area contributed by atoms with Gasteiger partial charge in [0.1, 0.15) is 6.07 Å². The zero-order chi connectivity index (χ0) is 12.0. The first-order chi connectivity index (χ1) is 7.67. The average molecular weight is 215 g/mol. The second kappa shape index (κ2) is 5.72. The summed E-state index contributed by atoms with van der Waals surface area (Å²) in [6, 6.07) is 9.56. The molecule has 0 bridgehead atoms. The molecule has 0 saturated heterocycles. The molecule has 3 nitrogen and oxygen atoms in total. The summed E-state index contributed by atoms with van der Waals surface area (Å²) in [6.45, 7) is 4.47. The second-order valence-corrected chi connectivity index (χ2v) is 3.66. The van der Waals surface area contributed by atoms with Gasteiger partial charge in [-0.1, -0.05) is 38.1 Å². The van der Waals surface area contributed by atoms with Gasteiger partial charge in [0.2, 0.25) is 5.76 Å². The van der Waals surface area contributed by atoms with E-state index in [9.17, 15) is 4.79 Å². The molecule has 0 spiro atoms. The van der Waals surface area contributed by atoms with Crippen molar-refractivity contribution >= 4 is 12.5 Å². The molecule has 1 aromatic carbocycles. The van der Waals surface area contributed by atoms with Crippen molar-refractivity contribution in [1.29, 1.82) is 5.26 Å². The predicted molar refractivity (Wildman–Crippen MR) is 61.3 cm³/mol. The molecule has 0 fully saturated rings. The number of hydrogen-bond donors (Lipinski definition) is 0. The fourth-order valence-corrected chi connectivity index (χ4v) is 1.27. The van der Waals surface area contributed by atoms with Crippen LogP contribution in [-0.4, -0.2) is 6.47 Å². The maximum absolute atomic E-state index is 10.1. The summed E-state index contributed by atoms with van der Waals surface area (Å²) in [5.41, 5.74) is 2.06. The minimum Gasteiger partial charge on any atom is -0.417 e. The van der Waals surface area contributed by atoms with Crippen molar-refractivity contribution < 1.29 is 9.53 Å². The van der Waals surface area contributed by atoms with Crippen molar-refractivity contribution in [2.45, 2.75) is 19.8 Å². The molecule has 0 atom stereocenters. The van der Waals surface area contributed by atoms with E-state index < -0.39 is 0 Å². The lowest BCUT2D eigenvalue weighted by molar-refractivity contribution is -0.124. The molecule has 3 heteroatoms. The van der Waals surface area contributed by atoms with Crippen LogP contribution >= 0.6 is 0 Å². The summed E-state index contributed by atoms with van der Waals surface area (Å²) < 4.78 is 4.49. The number of carbonyl (C=O) groups excluding carboxylic acids is 1. The van der Waals surface area contributed by atoms with Crippen LogP contribution in [0.4, 0.5) is 0 Å². The minimum atomic E-state index is -0.00713. The smallest absolute Gasteiger partial charge is 0.299 e. The number of allylic oxidation sites excluding steroid dienone is 1. The highest BCUT2D eigenvalue weighted by molar-refractivity contribution is 5.58. The van der Waals surface area contributed by atoms with E-state index in [-0.39, 0.29) is 12.2 Å². The first-order valence-electron chi connectivity index (χ1n) is 4.99. The molecule has 0 aliphatic heterocycles. The molecule has 82 valence electrons. The number of nitrogens with zero attached hydrogens (tertiary/aromatic N) is 1. The zero-order valence-corrected chi connectivity index (χ0v) is 9.31. The van der Waals surface area contributed by atoms with E-state index >= 15 is 0 Å². The molecule has 0 radical (unpaired) electrons. The molecule has 16 heavy (non-hydrogen) atoms. The lowest BCUT2D eigenvalue weighted by atomic mass is 10.0. The van der Waals surface area contributed by atoms with Gasteiger partial charge in [-0.2, -0.15) is 5.26 Å². The highest BCUT2D eigenvalue weighted by Gasteiger charge is 1.99. The van der Waals surface area contributed by atoms with Gasteiger partial charge in [0, 0.05) is 0 Å². The first kappa shape index (κ1) is 12.0. The maximum atomic E-state index is 10.1. The largest absolute Gasteiger partial charge is 0.417 e. The van der Waals surface area contributed by atoms with Crippen LogP contribution < -0.4 is 0 Å². The molecule has 0 heterocycles. The Morgan fingerprint density at radius 1 is 1.38 bits per heavy atom. The zero-order valence-electron chi connectivity index (χ0n) is 9.31. The lowest BCUT2D eigenvalue weighted by Gasteiger charge is -2.04. The van der Waals surface area contributed by atoms with Crippen LogP contribution in [-0.2, 0) is 9.53 Å². The highest BCUT2D eigenvalue weighted by Crippen LogP contribution is 2.16. The number of carbonyl (C=O) groups is 1. The number of ether oxygens (including phenoxy) is 1. The summed E-state index contributed by atoms with van der Waals surface area (Å²) in [4.78, 5) is 10.1. The Morgan fingerprint density at radius 2 is 2.00 bits per heavy atom. The van der Waals surface area contributed by atoms with E-state index in [2.05, 4.69) is 18.6 Å². The summed E-state index contributed by atoms with van der Waals surface area (Å²) in [6.07, 6.45) is 1.53. The fraction of sp³-hybridized carbons (Fsp3) is 0.231. The predicted octanol–water partition coefficient (Wildman–Crippen LogP) is 2.85. The fourth-order valence-electron chi connectivity index (χ4n) is 1.27. The molecule has 0 saturated carbocycles. The van der Waals surface area contributed by atoms with Gasteiger partial charge in [-0.25, -0.2) is 0 Å². The Balaban J connectivity index is 2.90. The van der Waals surface area contributed by atoms with Gasteiger partial charge in [0.25, 0.3) is 6.47 Å². The quantitative estimate of drug-likeness (QED) is 0.441. The third-order valence-electron chi connectivity index (χ3n) is 2.19. The van der Waals surface area contributed by atoms with Gasteiger partial charge in [0.15, 0.2) is 0 Å². The summed E-state index contributed by atoms with van der Waals surface area (Å²) in [5.74, 6) is 0.465. The van der Waals surface area contributed by atoms with E-state index in [0.29, 0.717) is 5.92 Å². The highest BCUT2D eigenvalue weighted by atomic mass is 16.5. The van der Waals surface area contributed by atoms with Crippen molar-refractivity contribution in [1.82, 2.24) is 0 Å². The van der Waals surface area contributed by atoms with Gasteiger partial charge in [-0.15, -0.1) is 0 Å². The van der Waals surface area contributed by atoms with Crippen molar-refractivity contribution in [3.05, 3.63) is 41.2 Å². The van der Waals surface area contributed by atoms with Gasteiger partial charge in [-0.3, -0.25) is 4.79 Å². The molecular weight excluding hydrogens is 202 g/mol. The maximum Gasteiger partial charge on any atom is 0.299 e. The van der Waals surface area contributed by atoms with E-state index in [1.165, 1.54) is 11.6 Å². The van der Waals surface area contributed by atoms with Crippen LogP contribution in [0.2, 0.25) is 0 Å². The van der Waals surface area contributed by atoms with E-state index in [1.807, 2.05) is 24.3 Å². The van der Waals surface area contributed by atoms with E-state index in [1.54, 1.807) is 6.07 Å². The Kier molecular flexibility index (Phi) is 4.28. The topological polar surface area (TPSA) is 50.1 Å². The molecule has 0 aliphatic rings. The Morgan fingerprint density at radius 3 is 2.44 bits per heavy atom. The normalized spacial score (nSPS) is 11.0. The monoisotopic (exact) mass is 215 g/mol. The van der Waals surface area contributed by atoms with E-state index in [4.69, 9.17) is 5.26 Å². The van der Waals surface area contributed by atoms with Crippen molar-refractivity contribution in [3.63, 3.8) is 0 Å². The number of hydrogen-bond acceptors (Lipinski definition) is 3. The molecule has 0 aromatic heterocycles. The number of nitriles is 1. The first-order valence-corrected chi connectivity index (χ1v) is 4.99. The standard InChI is InChI=1S/C13H13NO2/c1-10(2)12-5-3-11(4-6-12)7-13(8-14)16-9-15/h3-7,9-10H,1-2H3. The third kappa shape index (κ3) is 3.25. The molecule has 0 amide bonds. The third-order valence-corrected chi connectivity index (χ3v) is 2.19. The summed E-state index contributed by atoms with van der Waals surface area (Å²) in [5, 5.41) is 8.66. The van der Waals surface area contributed by atoms with Crippen LogP contribution in [0.25, 0.3) is 6.08 Å².